The molecule has 19 heavy (non-hydrogen) atoms. The van der Waals surface area contributed by atoms with Gasteiger partial charge in [0.15, 0.2) is 0 Å². The van der Waals surface area contributed by atoms with E-state index in [0.29, 0.717) is 29.0 Å². The number of nitrogens with one attached hydrogen (secondary N) is 1. The molecular formula is C14H13NO4. The average Bonchev–Trinajstić information content (AvgIpc) is 2.37. The van der Waals surface area contributed by atoms with Gasteiger partial charge in [-0.3, -0.25) is 9.59 Å². The predicted octanol–water partition coefficient (Wildman–Crippen LogP) is 2.02. The highest BCUT2D eigenvalue weighted by Crippen LogP contribution is 2.31. The van der Waals surface area contributed by atoms with Gasteiger partial charge in [-0.2, -0.15) is 0 Å². The lowest BCUT2D eigenvalue weighted by Gasteiger charge is -2.10. The van der Waals surface area contributed by atoms with Crippen LogP contribution < -0.4 is 15.0 Å². The molecule has 0 spiro atoms. The standard InChI is InChI=1S/C14H13NO4/c1-3-8-18-12-6-5-11(19-9(2)16)10-4-7-13(17)15-14(10)12/h3-7H,1,8H2,2H3,(H,15,17). The molecule has 0 saturated heterocycles. The highest BCUT2D eigenvalue weighted by molar-refractivity contribution is 5.91. The number of hydrogen-bond donors (Lipinski definition) is 1. The third kappa shape index (κ3) is 2.82. The fourth-order valence-electron chi connectivity index (χ4n) is 1.71. The second kappa shape index (κ2) is 5.39. The van der Waals surface area contributed by atoms with Gasteiger partial charge in [0.2, 0.25) is 5.56 Å². The minimum atomic E-state index is -0.424. The summed E-state index contributed by atoms with van der Waals surface area (Å²) in [6.07, 6.45) is 1.60. The van der Waals surface area contributed by atoms with Gasteiger partial charge in [-0.15, -0.1) is 0 Å². The van der Waals surface area contributed by atoms with Crippen LogP contribution in [0.3, 0.4) is 0 Å². The molecule has 0 bridgehead atoms. The van der Waals surface area contributed by atoms with Crippen molar-refractivity contribution in [3.63, 3.8) is 0 Å². The Morgan fingerprint density at radius 3 is 2.74 bits per heavy atom. The van der Waals surface area contributed by atoms with Crippen molar-refractivity contribution in [1.29, 1.82) is 0 Å². The van der Waals surface area contributed by atoms with Crippen LogP contribution in [0.25, 0.3) is 10.9 Å². The van der Waals surface area contributed by atoms with E-state index >= 15 is 0 Å². The molecule has 0 unspecified atom stereocenters. The van der Waals surface area contributed by atoms with Gasteiger partial charge in [-0.1, -0.05) is 12.7 Å². The fourth-order valence-corrected chi connectivity index (χ4v) is 1.71. The Morgan fingerprint density at radius 1 is 1.32 bits per heavy atom. The first-order chi connectivity index (χ1) is 9.11. The summed E-state index contributed by atoms with van der Waals surface area (Å²) in [4.78, 5) is 25.1. The zero-order chi connectivity index (χ0) is 13.8. The number of hydrogen-bond acceptors (Lipinski definition) is 4. The Kier molecular flexibility index (Phi) is 3.66. The highest BCUT2D eigenvalue weighted by Gasteiger charge is 2.10. The third-order valence-electron chi connectivity index (χ3n) is 2.43. The van der Waals surface area contributed by atoms with E-state index in [-0.39, 0.29) is 5.56 Å². The van der Waals surface area contributed by atoms with Gasteiger partial charge in [-0.05, 0) is 18.2 Å². The normalized spacial score (nSPS) is 10.2. The number of H-pyrrole nitrogens is 1. The molecule has 2 rings (SSSR count). The largest absolute Gasteiger partial charge is 0.487 e. The van der Waals surface area contributed by atoms with Crippen LogP contribution >= 0.6 is 0 Å². The second-order valence-electron chi connectivity index (χ2n) is 3.87. The zero-order valence-corrected chi connectivity index (χ0v) is 10.4. The van der Waals surface area contributed by atoms with Gasteiger partial charge in [0.25, 0.3) is 0 Å². The highest BCUT2D eigenvalue weighted by atomic mass is 16.5. The van der Waals surface area contributed by atoms with Crippen LogP contribution in [0.15, 0.2) is 41.7 Å². The minimum absolute atomic E-state index is 0.254. The zero-order valence-electron chi connectivity index (χ0n) is 10.4. The molecule has 0 aliphatic heterocycles. The lowest BCUT2D eigenvalue weighted by molar-refractivity contribution is -0.131. The van der Waals surface area contributed by atoms with Crippen molar-refractivity contribution in [2.45, 2.75) is 6.92 Å². The summed E-state index contributed by atoms with van der Waals surface area (Å²) < 4.78 is 10.5. The molecule has 0 radical (unpaired) electrons. The molecule has 1 N–H and O–H groups in total. The van der Waals surface area contributed by atoms with Gasteiger partial charge in [-0.25, -0.2) is 0 Å². The van der Waals surface area contributed by atoms with E-state index in [2.05, 4.69) is 11.6 Å². The molecule has 1 aromatic carbocycles. The number of pyridine rings is 1. The summed E-state index contributed by atoms with van der Waals surface area (Å²) in [6.45, 7) is 5.20. The quantitative estimate of drug-likeness (QED) is 0.518. The van der Waals surface area contributed by atoms with Gasteiger partial charge >= 0.3 is 5.97 Å². The fraction of sp³-hybridized carbons (Fsp3) is 0.143. The van der Waals surface area contributed by atoms with E-state index in [1.165, 1.54) is 13.0 Å². The van der Waals surface area contributed by atoms with E-state index in [4.69, 9.17) is 9.47 Å². The number of ether oxygens (including phenoxy) is 2. The Bertz CT molecular complexity index is 687. The minimum Gasteiger partial charge on any atom is -0.487 e. The van der Waals surface area contributed by atoms with Gasteiger partial charge in [0.1, 0.15) is 18.1 Å². The van der Waals surface area contributed by atoms with Gasteiger partial charge in [0.05, 0.1) is 5.52 Å². The SMILES string of the molecule is C=CCOc1ccc(OC(C)=O)c2ccc(=O)[nH]c12. The first-order valence-corrected chi connectivity index (χ1v) is 5.70. The number of carbonyl (C=O) groups excluding carboxylic acids is 1. The number of benzene rings is 1. The van der Waals surface area contributed by atoms with Crippen molar-refractivity contribution in [2.75, 3.05) is 6.61 Å². The second-order valence-corrected chi connectivity index (χ2v) is 3.87. The third-order valence-corrected chi connectivity index (χ3v) is 2.43. The lowest BCUT2D eigenvalue weighted by Crippen LogP contribution is -2.07. The molecule has 1 heterocycles. The first kappa shape index (κ1) is 12.9. The number of aromatic amines is 1. The van der Waals surface area contributed by atoms with Gasteiger partial charge < -0.3 is 14.5 Å². The van der Waals surface area contributed by atoms with Gasteiger partial charge in [0, 0.05) is 18.4 Å². The van der Waals surface area contributed by atoms with Crippen LogP contribution in [0, 0.1) is 0 Å². The summed E-state index contributed by atoms with van der Waals surface area (Å²) in [5, 5.41) is 0.608. The molecule has 0 fully saturated rings. The molecule has 5 heteroatoms. The average molecular weight is 259 g/mol. The topological polar surface area (TPSA) is 68.4 Å². The van der Waals surface area contributed by atoms with Crippen molar-refractivity contribution in [2.24, 2.45) is 0 Å². The smallest absolute Gasteiger partial charge is 0.308 e. The maximum Gasteiger partial charge on any atom is 0.308 e. The Balaban J connectivity index is 2.60. The predicted molar refractivity (Wildman–Crippen MR) is 71.6 cm³/mol. The summed E-state index contributed by atoms with van der Waals surface area (Å²) in [7, 11) is 0. The Morgan fingerprint density at radius 2 is 2.05 bits per heavy atom. The van der Waals surface area contributed by atoms with Crippen LogP contribution in [0.1, 0.15) is 6.92 Å². The lowest BCUT2D eigenvalue weighted by atomic mass is 10.2. The van der Waals surface area contributed by atoms with Crippen LogP contribution in [0.2, 0.25) is 0 Å². The summed E-state index contributed by atoms with van der Waals surface area (Å²) in [5.74, 6) is 0.459. The maximum absolute atomic E-state index is 11.4. The van der Waals surface area contributed by atoms with Crippen molar-refractivity contribution < 1.29 is 14.3 Å². The van der Waals surface area contributed by atoms with E-state index in [1.54, 1.807) is 24.3 Å². The monoisotopic (exact) mass is 259 g/mol. The molecule has 2 aromatic rings. The van der Waals surface area contributed by atoms with Crippen LogP contribution in [0.4, 0.5) is 0 Å². The molecule has 0 atom stereocenters. The molecule has 1 aromatic heterocycles. The molecule has 0 aliphatic rings. The van der Waals surface area contributed by atoms with Crippen molar-refractivity contribution in [1.82, 2.24) is 4.98 Å². The molecule has 0 aliphatic carbocycles. The van der Waals surface area contributed by atoms with E-state index in [1.807, 2.05) is 0 Å². The van der Waals surface area contributed by atoms with E-state index in [0.717, 1.165) is 0 Å². The molecule has 0 saturated carbocycles. The summed E-state index contributed by atoms with van der Waals surface area (Å²) >= 11 is 0. The number of rotatable bonds is 4. The number of esters is 1. The first-order valence-electron chi connectivity index (χ1n) is 5.70. The number of fused-ring (bicyclic) bond motifs is 1. The van der Waals surface area contributed by atoms with Crippen LogP contribution in [-0.2, 0) is 4.79 Å². The number of carbonyl (C=O) groups is 1. The van der Waals surface area contributed by atoms with Crippen LogP contribution in [-0.4, -0.2) is 17.6 Å². The van der Waals surface area contributed by atoms with Crippen molar-refractivity contribution >= 4 is 16.9 Å². The Hall–Kier alpha value is -2.56. The van der Waals surface area contributed by atoms with Crippen molar-refractivity contribution in [3.05, 3.63) is 47.3 Å². The van der Waals surface area contributed by atoms with Crippen molar-refractivity contribution in [3.8, 4) is 11.5 Å². The summed E-state index contributed by atoms with van der Waals surface area (Å²) in [6, 6.07) is 6.22. The summed E-state index contributed by atoms with van der Waals surface area (Å²) in [5.41, 5.74) is 0.240. The Labute approximate surface area is 109 Å². The molecule has 5 nitrogen and oxygen atoms in total. The number of aromatic nitrogens is 1. The molecule has 0 amide bonds. The van der Waals surface area contributed by atoms with E-state index < -0.39 is 5.97 Å². The maximum atomic E-state index is 11.4. The van der Waals surface area contributed by atoms with E-state index in [9.17, 15) is 9.59 Å². The molecule has 98 valence electrons. The molecular weight excluding hydrogens is 246 g/mol. The van der Waals surface area contributed by atoms with Crippen LogP contribution in [0.5, 0.6) is 11.5 Å².